The minimum Gasteiger partial charge on any atom is -0.462 e. The molecule has 5 heterocycles. The van der Waals surface area contributed by atoms with Crippen LogP contribution in [0.25, 0.3) is 11.3 Å². The Morgan fingerprint density at radius 3 is 2.58 bits per heavy atom. The third-order valence-electron chi connectivity index (χ3n) is 7.73. The Labute approximate surface area is 241 Å². The lowest BCUT2D eigenvalue weighted by Gasteiger charge is -2.41. The predicted molar refractivity (Wildman–Crippen MR) is 160 cm³/mol. The predicted octanol–water partition coefficient (Wildman–Crippen LogP) is 5.59. The summed E-state index contributed by atoms with van der Waals surface area (Å²) in [5.41, 5.74) is 3.38. The van der Waals surface area contributed by atoms with E-state index in [1.165, 1.54) is 6.20 Å². The molecule has 10 heteroatoms. The van der Waals surface area contributed by atoms with E-state index >= 15 is 0 Å². The number of nitrogens with zero attached hydrogens (tertiary/aromatic N) is 7. The highest BCUT2D eigenvalue weighted by Gasteiger charge is 2.30. The summed E-state index contributed by atoms with van der Waals surface area (Å²) in [6.07, 6.45) is 5.70. The zero-order chi connectivity index (χ0) is 28.4. The van der Waals surface area contributed by atoms with E-state index in [1.54, 1.807) is 13.0 Å². The molecular weight excluding hydrogens is 526 g/mol. The second-order valence-corrected chi connectivity index (χ2v) is 11.4. The van der Waals surface area contributed by atoms with Gasteiger partial charge in [0.25, 0.3) is 0 Å². The van der Waals surface area contributed by atoms with Crippen molar-refractivity contribution in [2.45, 2.75) is 65.5 Å². The molecule has 0 N–H and O–H groups in total. The number of piperazine rings is 1. The summed E-state index contributed by atoms with van der Waals surface area (Å²) in [4.78, 5) is 38.2. The first-order valence-electron chi connectivity index (χ1n) is 14.2. The number of hydrogen-bond acceptors (Lipinski definition) is 9. The van der Waals surface area contributed by atoms with E-state index in [2.05, 4.69) is 64.5 Å². The minimum atomic E-state index is -0.418. The number of hydrogen-bond donors (Lipinski definition) is 0. The van der Waals surface area contributed by atoms with Crippen molar-refractivity contribution in [1.29, 1.82) is 0 Å². The number of carbonyl (C=O) groups excluding carboxylic acids is 1. The molecule has 2 atom stereocenters. The van der Waals surface area contributed by atoms with Gasteiger partial charge in [-0.3, -0.25) is 4.98 Å². The van der Waals surface area contributed by atoms with Crippen LogP contribution in [-0.2, 0) is 4.74 Å². The monoisotopic (exact) mass is 563 g/mol. The van der Waals surface area contributed by atoms with Gasteiger partial charge in [0.05, 0.1) is 22.9 Å². The molecule has 0 radical (unpaired) electrons. The molecule has 2 aliphatic rings. The van der Waals surface area contributed by atoms with Crippen molar-refractivity contribution in [3.63, 3.8) is 0 Å². The van der Waals surface area contributed by atoms with E-state index in [0.29, 0.717) is 41.5 Å². The highest BCUT2D eigenvalue weighted by molar-refractivity contribution is 6.33. The van der Waals surface area contributed by atoms with Crippen LogP contribution in [0, 0.1) is 0 Å². The smallest absolute Gasteiger partial charge is 0.339 e. The summed E-state index contributed by atoms with van der Waals surface area (Å²) in [6, 6.07) is 8.47. The van der Waals surface area contributed by atoms with Gasteiger partial charge >= 0.3 is 5.97 Å². The highest BCUT2D eigenvalue weighted by atomic mass is 35.5. The van der Waals surface area contributed by atoms with Crippen molar-refractivity contribution in [2.24, 2.45) is 0 Å². The third-order valence-corrected chi connectivity index (χ3v) is 8.01. The first kappa shape index (κ1) is 28.1. The molecule has 3 aromatic heterocycles. The van der Waals surface area contributed by atoms with Crippen LogP contribution < -0.4 is 14.7 Å². The first-order chi connectivity index (χ1) is 19.2. The molecule has 5 rings (SSSR count). The van der Waals surface area contributed by atoms with Crippen molar-refractivity contribution in [1.82, 2.24) is 19.9 Å². The van der Waals surface area contributed by atoms with Crippen LogP contribution in [0.3, 0.4) is 0 Å². The molecule has 40 heavy (non-hydrogen) atoms. The molecule has 212 valence electrons. The Morgan fingerprint density at radius 2 is 1.90 bits per heavy atom. The van der Waals surface area contributed by atoms with Crippen LogP contribution in [0.1, 0.15) is 69.4 Å². The molecule has 2 unspecified atom stereocenters. The van der Waals surface area contributed by atoms with Crippen molar-refractivity contribution in [3.8, 4) is 11.3 Å². The molecule has 2 fully saturated rings. The van der Waals surface area contributed by atoms with Gasteiger partial charge in [-0.15, -0.1) is 0 Å². The van der Waals surface area contributed by atoms with Gasteiger partial charge < -0.3 is 19.4 Å². The average Bonchev–Trinajstić information content (AvgIpc) is 3.38. The number of rotatable bonds is 7. The second-order valence-electron chi connectivity index (χ2n) is 11.0. The average molecular weight is 564 g/mol. The van der Waals surface area contributed by atoms with Gasteiger partial charge in [0.15, 0.2) is 0 Å². The van der Waals surface area contributed by atoms with Gasteiger partial charge in [-0.1, -0.05) is 25.4 Å². The number of ether oxygens (including phenoxy) is 1. The molecule has 2 aliphatic heterocycles. The van der Waals surface area contributed by atoms with Gasteiger partial charge in [0.2, 0.25) is 5.95 Å². The van der Waals surface area contributed by atoms with E-state index in [-0.39, 0.29) is 6.04 Å². The maximum absolute atomic E-state index is 12.1. The normalized spacial score (nSPS) is 19.4. The summed E-state index contributed by atoms with van der Waals surface area (Å²) in [5.74, 6) is 2.30. The fourth-order valence-electron chi connectivity index (χ4n) is 5.48. The van der Waals surface area contributed by atoms with Crippen LogP contribution in [0.5, 0.6) is 0 Å². The SMILES string of the molecule is CCOC(=O)c1cnc(N2CCN(c3cc(-c4ccnc(C(C)C)c4)nc(N4CCCC4C)n3)C(C)C2)c(Cl)c1. The molecule has 9 nitrogen and oxygen atoms in total. The zero-order valence-corrected chi connectivity index (χ0v) is 24.7. The summed E-state index contributed by atoms with van der Waals surface area (Å²) < 4.78 is 5.08. The van der Waals surface area contributed by atoms with Gasteiger partial charge in [-0.25, -0.2) is 14.8 Å². The van der Waals surface area contributed by atoms with Crippen molar-refractivity contribution in [3.05, 3.63) is 52.9 Å². The molecule has 0 amide bonds. The van der Waals surface area contributed by atoms with Crippen molar-refractivity contribution < 1.29 is 9.53 Å². The summed E-state index contributed by atoms with van der Waals surface area (Å²) in [7, 11) is 0. The Balaban J connectivity index is 1.43. The topological polar surface area (TPSA) is 87.6 Å². The lowest BCUT2D eigenvalue weighted by atomic mass is 10.1. The fourth-order valence-corrected chi connectivity index (χ4v) is 5.76. The van der Waals surface area contributed by atoms with E-state index in [1.807, 2.05) is 12.3 Å². The number of halogens is 1. The van der Waals surface area contributed by atoms with Crippen LogP contribution in [0.2, 0.25) is 5.02 Å². The van der Waals surface area contributed by atoms with Crippen LogP contribution in [-0.4, -0.2) is 70.8 Å². The molecule has 0 aliphatic carbocycles. The molecule has 0 aromatic carbocycles. The van der Waals surface area contributed by atoms with Crippen molar-refractivity contribution in [2.75, 3.05) is 47.5 Å². The van der Waals surface area contributed by atoms with Gasteiger partial charge in [0.1, 0.15) is 11.6 Å². The lowest BCUT2D eigenvalue weighted by molar-refractivity contribution is 0.0526. The second kappa shape index (κ2) is 12.0. The summed E-state index contributed by atoms with van der Waals surface area (Å²) >= 11 is 6.58. The number of esters is 1. The Kier molecular flexibility index (Phi) is 8.40. The summed E-state index contributed by atoms with van der Waals surface area (Å²) in [6.45, 7) is 14.0. The Morgan fingerprint density at radius 1 is 1.07 bits per heavy atom. The molecule has 0 bridgehead atoms. The minimum absolute atomic E-state index is 0.145. The van der Waals surface area contributed by atoms with E-state index in [4.69, 9.17) is 26.3 Å². The van der Waals surface area contributed by atoms with Crippen LogP contribution in [0.15, 0.2) is 36.7 Å². The third kappa shape index (κ3) is 5.84. The standard InChI is InChI=1S/C30H38ClN7O2/c1-6-40-29(39)23-14-24(31)28(33-17-23)36-12-13-37(21(5)18-36)27-16-26(22-9-10-32-25(15-22)19(2)3)34-30(35-27)38-11-7-8-20(38)4/h9-10,14-17,19-21H,6-8,11-13,18H2,1-5H3. The molecular formula is C30H38ClN7O2. The van der Waals surface area contributed by atoms with Gasteiger partial charge in [0, 0.05) is 68.0 Å². The quantitative estimate of drug-likeness (QED) is 0.341. The Bertz CT molecular complexity index is 1370. The number of aromatic nitrogens is 4. The zero-order valence-electron chi connectivity index (χ0n) is 24.0. The lowest BCUT2D eigenvalue weighted by Crippen LogP contribution is -2.52. The number of carbonyl (C=O) groups is 1. The first-order valence-corrected chi connectivity index (χ1v) is 14.6. The van der Waals surface area contributed by atoms with Crippen LogP contribution >= 0.6 is 11.6 Å². The summed E-state index contributed by atoms with van der Waals surface area (Å²) in [5, 5.41) is 0.444. The van der Waals surface area contributed by atoms with E-state index in [0.717, 1.165) is 61.2 Å². The maximum atomic E-state index is 12.1. The largest absolute Gasteiger partial charge is 0.462 e. The van der Waals surface area contributed by atoms with Gasteiger partial charge in [-0.05, 0) is 57.7 Å². The molecule has 0 saturated carbocycles. The van der Waals surface area contributed by atoms with Crippen LogP contribution in [0.4, 0.5) is 17.6 Å². The Hall–Kier alpha value is -3.46. The fraction of sp³-hybridized carbons (Fsp3) is 0.500. The van der Waals surface area contributed by atoms with Crippen molar-refractivity contribution >= 4 is 35.2 Å². The number of anilines is 3. The van der Waals surface area contributed by atoms with E-state index in [9.17, 15) is 4.79 Å². The van der Waals surface area contributed by atoms with Gasteiger partial charge in [-0.2, -0.15) is 4.98 Å². The molecule has 3 aromatic rings. The number of pyridine rings is 2. The van der Waals surface area contributed by atoms with E-state index < -0.39 is 5.97 Å². The maximum Gasteiger partial charge on any atom is 0.339 e. The highest BCUT2D eigenvalue weighted by Crippen LogP contribution is 2.32. The molecule has 0 spiro atoms. The molecule has 2 saturated heterocycles.